The minimum Gasteiger partial charge on any atom is -0.358 e. The number of benzene rings is 6. The third-order valence-electron chi connectivity index (χ3n) is 13.8. The molecule has 6 aromatic carbocycles. The van der Waals surface area contributed by atoms with Crippen LogP contribution in [0.3, 0.4) is 0 Å². The number of anilines is 3. The van der Waals surface area contributed by atoms with Gasteiger partial charge < -0.3 is 9.47 Å². The average Bonchev–Trinajstić information content (AvgIpc) is 3.86. The van der Waals surface area contributed by atoms with Crippen LogP contribution in [-0.2, 0) is 37.3 Å². The van der Waals surface area contributed by atoms with Crippen LogP contribution in [0.5, 0.6) is 0 Å². The molecule has 10 rings (SSSR count). The molecule has 0 unspecified atom stereocenters. The first-order valence-electron chi connectivity index (χ1n) is 23.7. The van der Waals surface area contributed by atoms with Crippen LogP contribution in [0, 0.1) is 12.1 Å². The largest absolute Gasteiger partial charge is 2.00 e. The smallest absolute Gasteiger partial charge is 0.358 e. The number of pyridine rings is 1. The van der Waals surface area contributed by atoms with Gasteiger partial charge in [-0.3, -0.25) is 4.68 Å². The second-order valence-corrected chi connectivity index (χ2v) is 21.4. The number of hydrogen-bond acceptors (Lipinski definition) is 3. The molecule has 340 valence electrons. The fraction of sp³-hybridized carbons (Fsp3) is 0.279. The van der Waals surface area contributed by atoms with Crippen LogP contribution >= 0.6 is 0 Å². The van der Waals surface area contributed by atoms with Gasteiger partial charge in [-0.25, -0.2) is 4.98 Å². The number of hydrogen-bond donors (Lipinski definition) is 0. The summed E-state index contributed by atoms with van der Waals surface area (Å²) in [6.45, 7) is 27.6. The summed E-state index contributed by atoms with van der Waals surface area (Å²) in [6, 6.07) is 56.7. The molecule has 0 spiro atoms. The summed E-state index contributed by atoms with van der Waals surface area (Å²) in [5, 5.41) is 8.02. The molecule has 0 fully saturated rings. The quantitative estimate of drug-likeness (QED) is 0.149. The molecule has 0 atom stereocenters. The molecule has 0 N–H and O–H groups in total. The SMILES string of the molecule is CC(C)c1cccc(C(C)C)c1-c1c(C(C)(C)C)nn(-c2[c-]c3c(cc2)C(C)(C)c2ccccc2N3c2[c-]c3c(cc2)c2ccccc2n3-c2cc(C(C)(C)C)ccn2)c1-c1ccccc1.[Pt+2]. The van der Waals surface area contributed by atoms with Crippen LogP contribution in [0.1, 0.15) is 128 Å². The number of nitrogens with zero attached hydrogens (tertiary/aromatic N) is 5. The zero-order valence-electron chi connectivity index (χ0n) is 41.0. The van der Waals surface area contributed by atoms with Crippen molar-refractivity contribution >= 4 is 38.9 Å². The van der Waals surface area contributed by atoms with E-state index < -0.39 is 0 Å². The summed E-state index contributed by atoms with van der Waals surface area (Å²) in [5.74, 6) is 1.51. The van der Waals surface area contributed by atoms with Crippen molar-refractivity contribution in [3.05, 3.63) is 185 Å². The molecule has 1 aliphatic heterocycles. The Hall–Kier alpha value is -6.03. The van der Waals surface area contributed by atoms with Gasteiger partial charge >= 0.3 is 21.1 Å². The Bertz CT molecular complexity index is 3290. The molecule has 6 heteroatoms. The molecule has 0 saturated heterocycles. The summed E-state index contributed by atoms with van der Waals surface area (Å²) in [5.41, 5.74) is 17.5. The maximum Gasteiger partial charge on any atom is 2.00 e. The number of para-hydroxylation sites is 2. The van der Waals surface area contributed by atoms with Crippen LogP contribution < -0.4 is 4.90 Å². The molecule has 3 aromatic heterocycles. The summed E-state index contributed by atoms with van der Waals surface area (Å²) < 4.78 is 4.48. The summed E-state index contributed by atoms with van der Waals surface area (Å²) >= 11 is 0. The first kappa shape index (κ1) is 46.1. The molecule has 5 nitrogen and oxygen atoms in total. The van der Waals surface area contributed by atoms with E-state index in [2.05, 4.69) is 243 Å². The Morgan fingerprint density at radius 1 is 0.597 bits per heavy atom. The fourth-order valence-corrected chi connectivity index (χ4v) is 10.3. The van der Waals surface area contributed by atoms with Crippen molar-refractivity contribution in [2.45, 2.75) is 111 Å². The molecule has 1 aliphatic rings. The molecule has 67 heavy (non-hydrogen) atoms. The fourth-order valence-electron chi connectivity index (χ4n) is 10.3. The molecular formula is C61H61N5Pt. The molecule has 0 radical (unpaired) electrons. The van der Waals surface area contributed by atoms with Gasteiger partial charge in [0.25, 0.3) is 0 Å². The topological polar surface area (TPSA) is 38.9 Å². The Kier molecular flexibility index (Phi) is 11.7. The molecule has 4 heterocycles. The third-order valence-corrected chi connectivity index (χ3v) is 13.8. The van der Waals surface area contributed by atoms with Crippen molar-refractivity contribution in [1.82, 2.24) is 19.3 Å². The van der Waals surface area contributed by atoms with Crippen LogP contribution in [-0.4, -0.2) is 19.3 Å². The second kappa shape index (κ2) is 16.9. The predicted octanol–water partition coefficient (Wildman–Crippen LogP) is 16.2. The van der Waals surface area contributed by atoms with Gasteiger partial charge in [0.15, 0.2) is 0 Å². The normalized spacial score (nSPS) is 13.6. The first-order valence-corrected chi connectivity index (χ1v) is 23.7. The molecule has 0 amide bonds. The van der Waals surface area contributed by atoms with Crippen LogP contribution in [0.25, 0.3) is 55.7 Å². The van der Waals surface area contributed by atoms with E-state index in [0.717, 1.165) is 61.9 Å². The minimum absolute atomic E-state index is 0. The van der Waals surface area contributed by atoms with E-state index in [9.17, 15) is 0 Å². The Morgan fingerprint density at radius 2 is 1.25 bits per heavy atom. The van der Waals surface area contributed by atoms with Crippen molar-refractivity contribution < 1.29 is 21.1 Å². The van der Waals surface area contributed by atoms with Crippen molar-refractivity contribution in [3.63, 3.8) is 0 Å². The molecule has 0 saturated carbocycles. The number of aromatic nitrogens is 4. The summed E-state index contributed by atoms with van der Waals surface area (Å²) in [7, 11) is 0. The van der Waals surface area contributed by atoms with Crippen molar-refractivity contribution in [2.24, 2.45) is 0 Å². The Morgan fingerprint density at radius 3 is 1.94 bits per heavy atom. The number of rotatable bonds is 7. The van der Waals surface area contributed by atoms with Gasteiger partial charge in [0.2, 0.25) is 0 Å². The van der Waals surface area contributed by atoms with E-state index >= 15 is 0 Å². The average molecular weight is 1060 g/mol. The predicted molar refractivity (Wildman–Crippen MR) is 277 cm³/mol. The van der Waals surface area contributed by atoms with E-state index in [1.807, 2.05) is 6.20 Å². The van der Waals surface area contributed by atoms with Crippen molar-refractivity contribution in [2.75, 3.05) is 4.90 Å². The number of fused-ring (bicyclic) bond motifs is 5. The van der Waals surface area contributed by atoms with Crippen LogP contribution in [0.15, 0.2) is 140 Å². The van der Waals surface area contributed by atoms with Gasteiger partial charge in [-0.15, -0.1) is 35.2 Å². The van der Waals surface area contributed by atoms with Gasteiger partial charge in [-0.2, -0.15) is 17.2 Å². The molecule has 0 bridgehead atoms. The maximum atomic E-state index is 5.72. The van der Waals surface area contributed by atoms with E-state index in [-0.39, 0.29) is 37.3 Å². The van der Waals surface area contributed by atoms with Crippen molar-refractivity contribution in [1.29, 1.82) is 0 Å². The first-order chi connectivity index (χ1) is 31.4. The van der Waals surface area contributed by atoms with Gasteiger partial charge in [0.05, 0.1) is 11.4 Å². The monoisotopic (exact) mass is 1060 g/mol. The van der Waals surface area contributed by atoms with Crippen LogP contribution in [0.4, 0.5) is 17.1 Å². The van der Waals surface area contributed by atoms with E-state index in [0.29, 0.717) is 11.8 Å². The van der Waals surface area contributed by atoms with Gasteiger partial charge in [-0.05, 0) is 85.8 Å². The van der Waals surface area contributed by atoms with Crippen molar-refractivity contribution in [3.8, 4) is 33.9 Å². The molecular weight excluding hydrogens is 998 g/mol. The summed E-state index contributed by atoms with van der Waals surface area (Å²) in [4.78, 5) is 7.38. The Labute approximate surface area is 412 Å². The zero-order chi connectivity index (χ0) is 46.4. The van der Waals surface area contributed by atoms with Gasteiger partial charge in [0.1, 0.15) is 5.82 Å². The molecule has 0 aliphatic carbocycles. The minimum atomic E-state index is -0.315. The van der Waals surface area contributed by atoms with Gasteiger partial charge in [0, 0.05) is 33.9 Å². The van der Waals surface area contributed by atoms with E-state index in [1.165, 1.54) is 44.3 Å². The van der Waals surface area contributed by atoms with E-state index in [1.54, 1.807) is 0 Å². The third kappa shape index (κ3) is 7.68. The standard InChI is InChI=1S/C61H61N5.Pt/c1-38(2)44-24-20-25-45(39(3)4)55(44)56-57(40-21-14-13-15-22-40)66(63-58(56)60(8,9)10)43-30-32-49-53(37-43)64(51-28-19-17-26-48(51)61(49,11)12)42-29-31-47-46-23-16-18-27-50(46)65(52(47)36-42)54-35-41(33-34-62-54)59(5,6)7;/h13-35,38-39H,1-12H3;/q-2;+2. The second-order valence-electron chi connectivity index (χ2n) is 21.4. The zero-order valence-corrected chi connectivity index (χ0v) is 43.3. The maximum absolute atomic E-state index is 5.72. The Balaban J connectivity index is 0.00000562. The van der Waals surface area contributed by atoms with Gasteiger partial charge in [-0.1, -0.05) is 185 Å². The summed E-state index contributed by atoms with van der Waals surface area (Å²) in [6.07, 6.45) is 1.94. The van der Waals surface area contributed by atoms with E-state index in [4.69, 9.17) is 10.1 Å². The molecule has 9 aromatic rings. The van der Waals surface area contributed by atoms with Crippen LogP contribution in [0.2, 0.25) is 0 Å².